The van der Waals surface area contributed by atoms with Gasteiger partial charge in [-0.15, -0.1) is 10.2 Å². The highest BCUT2D eigenvalue weighted by Crippen LogP contribution is 2.34. The minimum atomic E-state index is 0.0649. The van der Waals surface area contributed by atoms with Crippen LogP contribution in [-0.4, -0.2) is 69.7 Å². The zero-order chi connectivity index (χ0) is 21.5. The van der Waals surface area contributed by atoms with Crippen LogP contribution in [0.15, 0.2) is 35.5 Å². The molecule has 0 bridgehead atoms. The van der Waals surface area contributed by atoms with Crippen LogP contribution in [0.4, 0.5) is 0 Å². The van der Waals surface area contributed by atoms with Crippen LogP contribution >= 0.6 is 11.8 Å². The van der Waals surface area contributed by atoms with Crippen LogP contribution in [0.1, 0.15) is 39.0 Å². The Morgan fingerprint density at radius 1 is 1.13 bits per heavy atom. The Balaban J connectivity index is 1.35. The van der Waals surface area contributed by atoms with Crippen LogP contribution in [0.25, 0.3) is 11.4 Å². The summed E-state index contributed by atoms with van der Waals surface area (Å²) >= 11 is 1.46. The molecule has 0 atom stereocenters. The van der Waals surface area contributed by atoms with Crippen molar-refractivity contribution in [2.75, 3.05) is 38.6 Å². The van der Waals surface area contributed by atoms with E-state index in [9.17, 15) is 4.79 Å². The third-order valence-corrected chi connectivity index (χ3v) is 7.44. The quantitative estimate of drug-likeness (QED) is 0.632. The van der Waals surface area contributed by atoms with E-state index in [-0.39, 0.29) is 11.4 Å². The lowest BCUT2D eigenvalue weighted by atomic mass is 9.79. The van der Waals surface area contributed by atoms with Gasteiger partial charge in [0.25, 0.3) is 0 Å². The highest BCUT2D eigenvalue weighted by molar-refractivity contribution is 7.99. The number of hydrogen-bond acceptors (Lipinski definition) is 6. The van der Waals surface area contributed by atoms with Crippen molar-refractivity contribution >= 4 is 17.7 Å². The van der Waals surface area contributed by atoms with Gasteiger partial charge in [0.2, 0.25) is 5.91 Å². The number of carbonyl (C=O) groups excluding carboxylic acids is 1. The van der Waals surface area contributed by atoms with Crippen molar-refractivity contribution in [2.24, 2.45) is 0 Å². The summed E-state index contributed by atoms with van der Waals surface area (Å²) in [6.07, 6.45) is 6.09. The molecule has 1 amide bonds. The first-order valence-corrected chi connectivity index (χ1v) is 12.4. The molecule has 2 heterocycles. The summed E-state index contributed by atoms with van der Waals surface area (Å²) in [5.41, 5.74) is 1.13. The smallest absolute Gasteiger partial charge is 0.230 e. The molecule has 1 saturated carbocycles. The molecule has 4 rings (SSSR count). The lowest BCUT2D eigenvalue weighted by Gasteiger charge is -2.48. The molecular weight excluding hydrogens is 410 g/mol. The fourth-order valence-electron chi connectivity index (χ4n) is 4.78. The number of ether oxygens (including phenoxy) is 1. The average Bonchev–Trinajstić information content (AvgIpc) is 3.26. The van der Waals surface area contributed by atoms with E-state index in [1.54, 1.807) is 0 Å². The van der Waals surface area contributed by atoms with Crippen LogP contribution in [0.3, 0.4) is 0 Å². The van der Waals surface area contributed by atoms with Crippen molar-refractivity contribution in [3.8, 4) is 11.4 Å². The van der Waals surface area contributed by atoms with Crippen LogP contribution in [-0.2, 0) is 16.1 Å². The van der Waals surface area contributed by atoms with Crippen LogP contribution < -0.4 is 5.32 Å². The highest BCUT2D eigenvalue weighted by Gasteiger charge is 2.38. The highest BCUT2D eigenvalue weighted by atomic mass is 32.2. The van der Waals surface area contributed by atoms with Crippen LogP contribution in [0.5, 0.6) is 0 Å². The zero-order valence-corrected chi connectivity index (χ0v) is 19.2. The Hall–Kier alpha value is -1.90. The third-order valence-electron chi connectivity index (χ3n) is 6.48. The summed E-state index contributed by atoms with van der Waals surface area (Å²) in [6, 6.07) is 10.1. The molecule has 31 heavy (non-hydrogen) atoms. The van der Waals surface area contributed by atoms with E-state index in [1.165, 1.54) is 31.0 Å². The average molecular weight is 444 g/mol. The summed E-state index contributed by atoms with van der Waals surface area (Å²) in [5.74, 6) is 1.26. The van der Waals surface area contributed by atoms with E-state index in [0.29, 0.717) is 5.75 Å². The lowest BCUT2D eigenvalue weighted by molar-refractivity contribution is -0.119. The third kappa shape index (κ3) is 5.30. The number of morpholine rings is 1. The molecule has 0 spiro atoms. The molecule has 2 aromatic rings. The van der Waals surface area contributed by atoms with E-state index in [1.807, 2.05) is 30.3 Å². The number of aromatic nitrogens is 3. The molecule has 1 saturated heterocycles. The van der Waals surface area contributed by atoms with E-state index in [4.69, 9.17) is 4.74 Å². The van der Waals surface area contributed by atoms with Gasteiger partial charge in [-0.1, -0.05) is 61.4 Å². The molecule has 1 aromatic heterocycles. The lowest BCUT2D eigenvalue weighted by Crippen LogP contribution is -2.59. The van der Waals surface area contributed by atoms with Gasteiger partial charge in [-0.05, 0) is 19.8 Å². The van der Waals surface area contributed by atoms with E-state index in [0.717, 1.165) is 68.8 Å². The molecule has 0 unspecified atom stereocenters. The van der Waals surface area contributed by atoms with Crippen molar-refractivity contribution < 1.29 is 9.53 Å². The van der Waals surface area contributed by atoms with Crippen molar-refractivity contribution in [3.63, 3.8) is 0 Å². The van der Waals surface area contributed by atoms with Crippen LogP contribution in [0.2, 0.25) is 0 Å². The summed E-state index contributed by atoms with van der Waals surface area (Å²) in [6.45, 7) is 7.08. The molecule has 168 valence electrons. The molecule has 8 heteroatoms. The van der Waals surface area contributed by atoms with Crippen molar-refractivity contribution in [3.05, 3.63) is 30.3 Å². The topological polar surface area (TPSA) is 72.3 Å². The number of benzene rings is 1. The maximum atomic E-state index is 12.7. The van der Waals surface area contributed by atoms with Crippen molar-refractivity contribution in [2.45, 2.75) is 56.3 Å². The second-order valence-corrected chi connectivity index (χ2v) is 9.31. The normalized spacial score (nSPS) is 19.3. The first-order valence-electron chi connectivity index (χ1n) is 11.4. The Kier molecular flexibility index (Phi) is 7.63. The Morgan fingerprint density at radius 3 is 2.58 bits per heavy atom. The summed E-state index contributed by atoms with van der Waals surface area (Å²) < 4.78 is 7.63. The fourth-order valence-corrected chi connectivity index (χ4v) is 5.61. The summed E-state index contributed by atoms with van der Waals surface area (Å²) in [7, 11) is 0. The number of thioether (sulfide) groups is 1. The number of rotatable bonds is 8. The second kappa shape index (κ2) is 10.6. The number of nitrogens with one attached hydrogen (secondary N) is 1. The number of nitrogens with zero attached hydrogens (tertiary/aromatic N) is 4. The largest absolute Gasteiger partial charge is 0.379 e. The number of hydrogen-bond donors (Lipinski definition) is 1. The number of amides is 1. The predicted molar refractivity (Wildman–Crippen MR) is 123 cm³/mol. The predicted octanol–water partition coefficient (Wildman–Crippen LogP) is 3.21. The van der Waals surface area contributed by atoms with Crippen molar-refractivity contribution in [1.29, 1.82) is 0 Å². The Morgan fingerprint density at radius 2 is 1.87 bits per heavy atom. The van der Waals surface area contributed by atoms with E-state index in [2.05, 4.69) is 31.9 Å². The van der Waals surface area contributed by atoms with E-state index < -0.39 is 0 Å². The van der Waals surface area contributed by atoms with Gasteiger partial charge >= 0.3 is 0 Å². The molecule has 1 aromatic carbocycles. The van der Waals surface area contributed by atoms with Crippen molar-refractivity contribution in [1.82, 2.24) is 25.0 Å². The van der Waals surface area contributed by atoms with E-state index >= 15 is 0 Å². The van der Waals surface area contributed by atoms with Gasteiger partial charge in [-0.25, -0.2) is 0 Å². The summed E-state index contributed by atoms with van der Waals surface area (Å²) in [4.78, 5) is 15.3. The van der Waals surface area contributed by atoms with Gasteiger partial charge < -0.3 is 14.6 Å². The van der Waals surface area contributed by atoms with Crippen LogP contribution in [0, 0.1) is 0 Å². The molecule has 1 aliphatic heterocycles. The maximum absolute atomic E-state index is 12.7. The molecule has 1 aliphatic carbocycles. The molecule has 1 N–H and O–H groups in total. The molecule has 7 nitrogen and oxygen atoms in total. The fraction of sp³-hybridized carbons (Fsp3) is 0.609. The van der Waals surface area contributed by atoms with Gasteiger partial charge in [0.1, 0.15) is 0 Å². The first-order chi connectivity index (χ1) is 15.2. The molecular formula is C23H33N5O2S. The minimum absolute atomic E-state index is 0.0649. The summed E-state index contributed by atoms with van der Waals surface area (Å²) in [5, 5.41) is 12.7. The maximum Gasteiger partial charge on any atom is 0.230 e. The standard InChI is InChI=1S/C23H33N5O2S/c1-2-28-21(19-9-5-3-6-10-19)25-26-22(28)31-17-20(29)24-18-23(11-7-4-8-12-23)27-13-15-30-16-14-27/h3,5-6,9-10H,2,4,7-8,11-18H2,1H3,(H,24,29). The SMILES string of the molecule is CCn1c(SCC(=O)NCC2(N3CCOCC3)CCCCC2)nnc1-c1ccccc1. The minimum Gasteiger partial charge on any atom is -0.379 e. The zero-order valence-electron chi connectivity index (χ0n) is 18.4. The monoisotopic (exact) mass is 443 g/mol. The second-order valence-electron chi connectivity index (χ2n) is 8.37. The van der Waals surface area contributed by atoms with Gasteiger partial charge in [-0.2, -0.15) is 0 Å². The Bertz CT molecular complexity index is 845. The Labute approximate surface area is 188 Å². The molecule has 2 fully saturated rings. The van der Waals surface area contributed by atoms with Gasteiger partial charge in [0, 0.05) is 37.3 Å². The van der Waals surface area contributed by atoms with Gasteiger partial charge in [0.05, 0.1) is 19.0 Å². The van der Waals surface area contributed by atoms with Gasteiger partial charge in [-0.3, -0.25) is 9.69 Å². The van der Waals surface area contributed by atoms with Gasteiger partial charge in [0.15, 0.2) is 11.0 Å². The molecule has 0 radical (unpaired) electrons. The molecule has 2 aliphatic rings. The number of carbonyl (C=O) groups is 1. The first kappa shape index (κ1) is 22.3.